The minimum atomic E-state index is -0.469. The molecule has 4 unspecified atom stereocenters. The lowest BCUT2D eigenvalue weighted by Crippen LogP contribution is -2.53. The minimum absolute atomic E-state index is 0.0437. The van der Waals surface area contributed by atoms with Gasteiger partial charge in [0.15, 0.2) is 0 Å². The van der Waals surface area contributed by atoms with Crippen molar-refractivity contribution in [2.45, 2.75) is 89.4 Å². The van der Waals surface area contributed by atoms with Crippen LogP contribution in [0.4, 0.5) is 11.9 Å². The van der Waals surface area contributed by atoms with Crippen LogP contribution in [0.5, 0.6) is 0 Å². The molecule has 0 radical (unpaired) electrons. The molecule has 6 heterocycles. The molecule has 14 heteroatoms. The molecular weight excluding hydrogens is 801 g/mol. The summed E-state index contributed by atoms with van der Waals surface area (Å²) < 4.78 is 0. The molecule has 2 saturated carbocycles. The lowest BCUT2D eigenvalue weighted by Gasteiger charge is -2.40. The van der Waals surface area contributed by atoms with Crippen molar-refractivity contribution in [3.05, 3.63) is 109 Å². The van der Waals surface area contributed by atoms with Gasteiger partial charge in [0.25, 0.3) is 0 Å². The van der Waals surface area contributed by atoms with Gasteiger partial charge in [-0.25, -0.2) is 29.9 Å². The van der Waals surface area contributed by atoms with E-state index in [2.05, 4.69) is 133 Å². The van der Waals surface area contributed by atoms with Crippen molar-refractivity contribution in [2.75, 3.05) is 23.7 Å². The fourth-order valence-corrected chi connectivity index (χ4v) is 11.3. The monoisotopic (exact) mass is 854 g/mol. The van der Waals surface area contributed by atoms with E-state index in [1.807, 2.05) is 6.20 Å². The van der Waals surface area contributed by atoms with Gasteiger partial charge in [-0.3, -0.25) is 9.59 Å². The first-order valence-electron chi connectivity index (χ1n) is 22.9. The van der Waals surface area contributed by atoms with E-state index in [1.54, 1.807) is 36.9 Å². The number of H-pyrrole nitrogens is 2. The molecule has 2 aliphatic heterocycles. The Morgan fingerprint density at radius 3 is 1.72 bits per heavy atom. The quantitative estimate of drug-likeness (QED) is 0.0937. The number of likely N-dealkylation sites (tertiary alicyclic amines) is 2. The summed E-state index contributed by atoms with van der Waals surface area (Å²) in [5.41, 5.74) is 5.12. The van der Waals surface area contributed by atoms with Crippen LogP contribution in [0.3, 0.4) is 0 Å². The van der Waals surface area contributed by atoms with Gasteiger partial charge < -0.3 is 30.4 Å². The van der Waals surface area contributed by atoms with Crippen LogP contribution in [0.1, 0.15) is 77.9 Å². The molecule has 4 bridgehead atoms. The van der Waals surface area contributed by atoms with Crippen LogP contribution in [-0.4, -0.2) is 86.7 Å². The van der Waals surface area contributed by atoms with Crippen molar-refractivity contribution in [1.82, 2.24) is 49.7 Å². The van der Waals surface area contributed by atoms with Gasteiger partial charge in [-0.15, -0.1) is 0 Å². The topological polar surface area (TPSA) is 174 Å². The van der Waals surface area contributed by atoms with Crippen LogP contribution < -0.4 is 10.6 Å². The van der Waals surface area contributed by atoms with E-state index >= 15 is 0 Å². The first-order valence-corrected chi connectivity index (χ1v) is 22.9. The predicted octanol–water partition coefficient (Wildman–Crippen LogP) is 8.30. The molecule has 7 aromatic rings. The van der Waals surface area contributed by atoms with Gasteiger partial charge in [-0.1, -0.05) is 58.0 Å². The smallest absolute Gasteiger partial charge is 0.246 e. The van der Waals surface area contributed by atoms with Crippen molar-refractivity contribution in [1.29, 1.82) is 0 Å². The standard InChI is InChI=1S/C50H54N12O2/c1-29(2)41(59-47-51-17-5-18-52-47)43(63)61-27-31-13-15-49(61,24-31)45-55-26-40(58-45)37-10-9-33-21-34(7-8-35(33)22-37)36-11-12-38-39(23-36)57-46(56-38)50-16-14-32(25-50)28-62(50)44(64)42(30(3)4)60-48-53-19-6-20-54-48/h5-12,17-23,26,29-32,41-42H,13-16,24-25,27-28H2,1-4H3,(H,55,58)(H,56,57)(H,51,52,59)(H,53,54,60)/t31?,32?,41-,42-,49?,50?/m0/s1. The van der Waals surface area contributed by atoms with Crippen molar-refractivity contribution in [3.8, 4) is 22.4 Å². The van der Waals surface area contributed by atoms with E-state index in [0.717, 1.165) is 107 Å². The zero-order valence-electron chi connectivity index (χ0n) is 36.8. The van der Waals surface area contributed by atoms with Crippen molar-refractivity contribution >= 4 is 45.5 Å². The third-order valence-corrected chi connectivity index (χ3v) is 14.6. The van der Waals surface area contributed by atoms with E-state index in [-0.39, 0.29) is 23.7 Å². The van der Waals surface area contributed by atoms with Crippen LogP contribution in [-0.2, 0) is 20.7 Å². The highest BCUT2D eigenvalue weighted by Gasteiger charge is 2.57. The lowest BCUT2D eigenvalue weighted by molar-refractivity contribution is -0.139. The summed E-state index contributed by atoms with van der Waals surface area (Å²) in [5, 5.41) is 8.91. The molecule has 0 spiro atoms. The van der Waals surface area contributed by atoms with E-state index in [4.69, 9.17) is 9.97 Å². The van der Waals surface area contributed by atoms with Crippen molar-refractivity contribution in [2.24, 2.45) is 23.7 Å². The first kappa shape index (κ1) is 40.1. The number of carbonyl (C=O) groups excluding carboxylic acids is 2. The Morgan fingerprint density at radius 2 is 1.16 bits per heavy atom. The van der Waals surface area contributed by atoms with Gasteiger partial charge in [0.1, 0.15) is 34.8 Å². The number of imidazole rings is 2. The van der Waals surface area contributed by atoms with Gasteiger partial charge in [0, 0.05) is 43.4 Å². The molecule has 2 saturated heterocycles. The molecule has 2 aliphatic carbocycles. The van der Waals surface area contributed by atoms with Crippen LogP contribution in [0.2, 0.25) is 0 Å². The second-order valence-corrected chi connectivity index (χ2v) is 19.3. The zero-order chi connectivity index (χ0) is 43.7. The highest BCUT2D eigenvalue weighted by atomic mass is 16.2. The second kappa shape index (κ2) is 15.5. The van der Waals surface area contributed by atoms with Crippen LogP contribution in [0.25, 0.3) is 44.2 Å². The van der Waals surface area contributed by atoms with E-state index in [0.29, 0.717) is 23.7 Å². The van der Waals surface area contributed by atoms with Gasteiger partial charge >= 0.3 is 0 Å². The zero-order valence-corrected chi connectivity index (χ0v) is 36.8. The lowest BCUT2D eigenvalue weighted by atomic mass is 9.93. The predicted molar refractivity (Wildman–Crippen MR) is 247 cm³/mol. The molecule has 3 aromatic carbocycles. The average Bonchev–Trinajstić information content (AvgIpc) is 4.19. The number of hydrogen-bond acceptors (Lipinski definition) is 10. The maximum Gasteiger partial charge on any atom is 0.246 e. The SMILES string of the molecule is CC(C)[C@H](Nc1ncccn1)C(=O)N1CC2CCC1(c1ncc(-c3ccc4cc(-c5ccc6nc(C78CCC(CN7C(=O)[C@@H](Nc7ncccn7)C(C)C)C8)[nH]c6c5)ccc4c3)[nH]1)C2. The maximum atomic E-state index is 14.4. The molecule has 11 rings (SSSR count). The largest absolute Gasteiger partial charge is 0.342 e. The summed E-state index contributed by atoms with van der Waals surface area (Å²) in [5.74, 6) is 3.78. The number of benzene rings is 3. The number of piperidine rings is 2. The Kier molecular flexibility index (Phi) is 9.73. The molecule has 2 amide bonds. The summed E-state index contributed by atoms with van der Waals surface area (Å²) in [7, 11) is 0. The fourth-order valence-electron chi connectivity index (χ4n) is 11.3. The number of aromatic nitrogens is 8. The van der Waals surface area contributed by atoms with Gasteiger partial charge in [-0.2, -0.15) is 0 Å². The Labute approximate surface area is 372 Å². The van der Waals surface area contributed by atoms with Gasteiger partial charge in [-0.05, 0) is 120 Å². The second-order valence-electron chi connectivity index (χ2n) is 19.3. The number of aromatic amines is 2. The summed E-state index contributed by atoms with van der Waals surface area (Å²) in [6.45, 7) is 9.70. The number of fused-ring (bicyclic) bond motifs is 6. The summed E-state index contributed by atoms with van der Waals surface area (Å²) >= 11 is 0. The molecule has 4 aliphatic rings. The van der Waals surface area contributed by atoms with Gasteiger partial charge in [0.05, 0.1) is 22.9 Å². The third kappa shape index (κ3) is 6.76. The summed E-state index contributed by atoms with van der Waals surface area (Å²) in [6.07, 6.45) is 14.4. The molecule has 4 N–H and O–H groups in total. The molecule has 64 heavy (non-hydrogen) atoms. The van der Waals surface area contributed by atoms with E-state index in [1.165, 1.54) is 0 Å². The van der Waals surface area contributed by atoms with Crippen LogP contribution in [0.15, 0.2) is 97.7 Å². The Hall–Kier alpha value is -6.70. The third-order valence-electron chi connectivity index (χ3n) is 14.6. The molecule has 326 valence electrons. The van der Waals surface area contributed by atoms with Crippen LogP contribution in [0, 0.1) is 23.7 Å². The first-order chi connectivity index (χ1) is 31.1. The molecule has 4 fully saturated rings. The molecule has 14 nitrogen and oxygen atoms in total. The molecule has 6 atom stereocenters. The van der Waals surface area contributed by atoms with E-state index < -0.39 is 23.2 Å². The Morgan fingerprint density at radius 1 is 0.641 bits per heavy atom. The Balaban J connectivity index is 0.829. The number of carbonyl (C=O) groups is 2. The summed E-state index contributed by atoms with van der Waals surface area (Å²) in [6, 6.07) is 22.2. The number of hydrogen-bond donors (Lipinski definition) is 4. The highest BCUT2D eigenvalue weighted by molar-refractivity contribution is 5.92. The highest BCUT2D eigenvalue weighted by Crippen LogP contribution is 2.54. The van der Waals surface area contributed by atoms with Crippen molar-refractivity contribution in [3.63, 3.8) is 0 Å². The number of rotatable bonds is 12. The van der Waals surface area contributed by atoms with Gasteiger partial charge in [0.2, 0.25) is 23.7 Å². The number of nitrogens with one attached hydrogen (secondary N) is 4. The van der Waals surface area contributed by atoms with Crippen molar-refractivity contribution < 1.29 is 9.59 Å². The van der Waals surface area contributed by atoms with Crippen LogP contribution >= 0.6 is 0 Å². The molecule has 4 aromatic heterocycles. The maximum absolute atomic E-state index is 14.4. The fraction of sp³-hybridized carbons (Fsp3) is 0.400. The summed E-state index contributed by atoms with van der Waals surface area (Å²) in [4.78, 5) is 67.7. The Bertz CT molecular complexity index is 2880. The number of nitrogens with zero attached hydrogens (tertiary/aromatic N) is 8. The number of anilines is 2. The minimum Gasteiger partial charge on any atom is -0.342 e. The molecular formula is C50H54N12O2. The number of amides is 2. The average molecular weight is 855 g/mol. The van der Waals surface area contributed by atoms with E-state index in [9.17, 15) is 9.59 Å². The normalized spacial score (nSPS) is 23.5.